The molecule has 5 aromatic rings. The fraction of sp³-hybridized carbons (Fsp3) is 0.0333. The summed E-state index contributed by atoms with van der Waals surface area (Å²) < 4.78 is 6.73. The van der Waals surface area contributed by atoms with Gasteiger partial charge in [-0.2, -0.15) is 5.10 Å². The fourth-order valence-corrected chi connectivity index (χ4v) is 4.63. The Morgan fingerprint density at radius 1 is 0.974 bits per heavy atom. The topological polar surface area (TPSA) is 107 Å². The Morgan fingerprint density at radius 2 is 1.72 bits per heavy atom. The van der Waals surface area contributed by atoms with Crippen LogP contribution in [0.25, 0.3) is 22.2 Å². The number of hydrogen-bond donors (Lipinski definition) is 1. The number of amides is 1. The SMILES string of the molecule is O=C(N/N=C/c1ccc(OCc2ccc([N+](=O)[O-])cc2)c(I)c1)c1cc(-c2ccccc2)nc2ccccc12. The zero-order chi connectivity index (χ0) is 27.2. The molecular weight excluding hydrogens is 607 g/mol. The molecule has 0 saturated carbocycles. The van der Waals surface area contributed by atoms with Crippen LogP contribution in [-0.2, 0) is 6.61 Å². The van der Waals surface area contributed by atoms with E-state index in [1.807, 2.05) is 72.8 Å². The Kier molecular flexibility index (Phi) is 7.88. The number of rotatable bonds is 8. The summed E-state index contributed by atoms with van der Waals surface area (Å²) in [6.07, 6.45) is 1.57. The van der Waals surface area contributed by atoms with Gasteiger partial charge in [0.15, 0.2) is 0 Å². The van der Waals surface area contributed by atoms with E-state index in [9.17, 15) is 14.9 Å². The molecule has 0 aliphatic carbocycles. The highest BCUT2D eigenvalue weighted by Crippen LogP contribution is 2.25. The number of nitrogens with zero attached hydrogens (tertiary/aromatic N) is 3. The first kappa shape index (κ1) is 26.0. The summed E-state index contributed by atoms with van der Waals surface area (Å²) in [7, 11) is 0. The van der Waals surface area contributed by atoms with E-state index in [0.29, 0.717) is 17.0 Å². The minimum absolute atomic E-state index is 0.0396. The number of fused-ring (bicyclic) bond motifs is 1. The third kappa shape index (κ3) is 6.27. The summed E-state index contributed by atoms with van der Waals surface area (Å²) in [6, 6.07) is 30.8. The van der Waals surface area contributed by atoms with E-state index in [4.69, 9.17) is 9.72 Å². The van der Waals surface area contributed by atoms with Crippen molar-refractivity contribution in [2.75, 3.05) is 0 Å². The Bertz CT molecular complexity index is 1690. The van der Waals surface area contributed by atoms with Gasteiger partial charge in [-0.05, 0) is 76.2 Å². The molecule has 1 aromatic heterocycles. The van der Waals surface area contributed by atoms with Crippen LogP contribution in [0.1, 0.15) is 21.5 Å². The molecule has 5 rings (SSSR count). The van der Waals surface area contributed by atoms with Gasteiger partial charge in [-0.1, -0.05) is 48.5 Å². The average Bonchev–Trinajstić information content (AvgIpc) is 2.96. The summed E-state index contributed by atoms with van der Waals surface area (Å²) in [6.45, 7) is 0.280. The van der Waals surface area contributed by atoms with E-state index < -0.39 is 4.92 Å². The number of nitro benzene ring substituents is 1. The van der Waals surface area contributed by atoms with E-state index in [2.05, 4.69) is 33.1 Å². The maximum atomic E-state index is 13.1. The second-order valence-electron chi connectivity index (χ2n) is 8.54. The smallest absolute Gasteiger partial charge is 0.272 e. The minimum atomic E-state index is -0.433. The Morgan fingerprint density at radius 3 is 2.46 bits per heavy atom. The number of benzene rings is 4. The molecule has 0 saturated heterocycles. The van der Waals surface area contributed by atoms with Crippen LogP contribution < -0.4 is 10.2 Å². The average molecular weight is 628 g/mol. The molecule has 0 spiro atoms. The van der Waals surface area contributed by atoms with Gasteiger partial charge in [-0.25, -0.2) is 10.4 Å². The van der Waals surface area contributed by atoms with Crippen molar-refractivity contribution in [1.29, 1.82) is 0 Å². The van der Waals surface area contributed by atoms with E-state index in [1.54, 1.807) is 24.4 Å². The number of ether oxygens (including phenoxy) is 1. The summed E-state index contributed by atoms with van der Waals surface area (Å²) in [5.41, 5.74) is 7.13. The van der Waals surface area contributed by atoms with Crippen LogP contribution in [0.4, 0.5) is 5.69 Å². The molecule has 1 N–H and O–H groups in total. The number of halogens is 1. The van der Waals surface area contributed by atoms with Crippen LogP contribution in [-0.4, -0.2) is 22.0 Å². The quantitative estimate of drug-likeness (QED) is 0.0885. The number of hydrazone groups is 1. The zero-order valence-electron chi connectivity index (χ0n) is 20.5. The number of non-ortho nitro benzene ring substituents is 1. The van der Waals surface area contributed by atoms with Gasteiger partial charge < -0.3 is 4.74 Å². The maximum absolute atomic E-state index is 13.1. The fourth-order valence-electron chi connectivity index (χ4n) is 3.94. The molecule has 0 aliphatic rings. The van der Waals surface area contributed by atoms with Gasteiger partial charge in [0.1, 0.15) is 12.4 Å². The van der Waals surface area contributed by atoms with Crippen LogP contribution in [0, 0.1) is 13.7 Å². The molecule has 1 heterocycles. The van der Waals surface area contributed by atoms with Crippen molar-refractivity contribution in [2.24, 2.45) is 5.10 Å². The lowest BCUT2D eigenvalue weighted by molar-refractivity contribution is -0.384. The van der Waals surface area contributed by atoms with Crippen molar-refractivity contribution >= 4 is 51.3 Å². The molecule has 9 heteroatoms. The molecule has 0 atom stereocenters. The van der Waals surface area contributed by atoms with Crippen molar-refractivity contribution in [2.45, 2.75) is 6.61 Å². The molecule has 8 nitrogen and oxygen atoms in total. The summed E-state index contributed by atoms with van der Waals surface area (Å²) >= 11 is 2.17. The van der Waals surface area contributed by atoms with Gasteiger partial charge >= 0.3 is 0 Å². The van der Waals surface area contributed by atoms with Gasteiger partial charge in [0, 0.05) is 23.1 Å². The van der Waals surface area contributed by atoms with E-state index in [0.717, 1.165) is 31.2 Å². The van der Waals surface area contributed by atoms with Crippen LogP contribution in [0.3, 0.4) is 0 Å². The number of carbonyl (C=O) groups is 1. The van der Waals surface area contributed by atoms with Crippen molar-refractivity contribution in [1.82, 2.24) is 10.4 Å². The molecule has 0 bridgehead atoms. The number of nitrogens with one attached hydrogen (secondary N) is 1. The van der Waals surface area contributed by atoms with Crippen molar-refractivity contribution in [3.05, 3.63) is 134 Å². The van der Waals surface area contributed by atoms with Gasteiger partial charge in [-0.3, -0.25) is 14.9 Å². The molecule has 39 heavy (non-hydrogen) atoms. The molecule has 1 amide bonds. The normalized spacial score (nSPS) is 11.0. The summed E-state index contributed by atoms with van der Waals surface area (Å²) in [5, 5.41) is 15.7. The first-order valence-electron chi connectivity index (χ1n) is 11.9. The first-order chi connectivity index (χ1) is 19.0. The summed E-state index contributed by atoms with van der Waals surface area (Å²) in [4.78, 5) is 28.2. The number of para-hydroxylation sites is 1. The molecule has 4 aromatic carbocycles. The third-order valence-electron chi connectivity index (χ3n) is 5.91. The highest BCUT2D eigenvalue weighted by atomic mass is 127. The standard InChI is InChI=1S/C30H21IN4O4/c31-26-16-21(12-15-29(26)39-19-20-10-13-23(14-11-20)35(37)38)18-32-34-30(36)25-17-28(22-6-2-1-3-7-22)33-27-9-5-4-8-24(25)27/h1-18H,19H2,(H,34,36)/b32-18+. The van der Waals surface area contributed by atoms with E-state index in [1.165, 1.54) is 12.1 Å². The van der Waals surface area contributed by atoms with Gasteiger partial charge in [-0.15, -0.1) is 0 Å². The maximum Gasteiger partial charge on any atom is 0.272 e. The molecule has 0 radical (unpaired) electrons. The van der Waals surface area contributed by atoms with Crippen LogP contribution >= 0.6 is 22.6 Å². The highest BCUT2D eigenvalue weighted by Gasteiger charge is 2.13. The van der Waals surface area contributed by atoms with Crippen LogP contribution in [0.2, 0.25) is 0 Å². The predicted octanol–water partition coefficient (Wildman–Crippen LogP) is 6.76. The van der Waals surface area contributed by atoms with Gasteiger partial charge in [0.25, 0.3) is 11.6 Å². The first-order valence-corrected chi connectivity index (χ1v) is 13.0. The van der Waals surface area contributed by atoms with Crippen LogP contribution in [0.15, 0.2) is 108 Å². The lowest BCUT2D eigenvalue weighted by Gasteiger charge is -2.09. The molecule has 192 valence electrons. The predicted molar refractivity (Wildman–Crippen MR) is 159 cm³/mol. The van der Waals surface area contributed by atoms with Crippen LogP contribution in [0.5, 0.6) is 5.75 Å². The Hall–Kier alpha value is -4.64. The van der Waals surface area contributed by atoms with Crippen molar-refractivity contribution < 1.29 is 14.5 Å². The molecule has 0 aliphatic heterocycles. The number of aromatic nitrogens is 1. The van der Waals surface area contributed by atoms with Crippen molar-refractivity contribution in [3.63, 3.8) is 0 Å². The Balaban J connectivity index is 1.27. The number of nitro groups is 1. The lowest BCUT2D eigenvalue weighted by Crippen LogP contribution is -2.18. The highest BCUT2D eigenvalue weighted by molar-refractivity contribution is 14.1. The number of carbonyl (C=O) groups excluding carboxylic acids is 1. The van der Waals surface area contributed by atoms with Crippen molar-refractivity contribution in [3.8, 4) is 17.0 Å². The second kappa shape index (κ2) is 11.8. The molecular formula is C30H21IN4O4. The van der Waals surface area contributed by atoms with Gasteiger partial charge in [0.2, 0.25) is 0 Å². The minimum Gasteiger partial charge on any atom is -0.488 e. The largest absolute Gasteiger partial charge is 0.488 e. The van der Waals surface area contributed by atoms with Gasteiger partial charge in [0.05, 0.1) is 31.5 Å². The molecule has 0 fully saturated rings. The number of hydrogen-bond acceptors (Lipinski definition) is 6. The second-order valence-corrected chi connectivity index (χ2v) is 9.70. The lowest BCUT2D eigenvalue weighted by atomic mass is 10.0. The van der Waals surface area contributed by atoms with E-state index >= 15 is 0 Å². The summed E-state index contributed by atoms with van der Waals surface area (Å²) in [5.74, 6) is 0.339. The number of pyridine rings is 1. The Labute approximate surface area is 237 Å². The zero-order valence-corrected chi connectivity index (χ0v) is 22.6. The van der Waals surface area contributed by atoms with E-state index in [-0.39, 0.29) is 18.2 Å². The molecule has 0 unspecified atom stereocenters. The monoisotopic (exact) mass is 628 g/mol. The third-order valence-corrected chi connectivity index (χ3v) is 6.75.